The number of nitrogens with one attached hydrogen (secondary N) is 1. The monoisotopic (exact) mass is 369 g/mol. The second-order valence-corrected chi connectivity index (χ2v) is 7.06. The SMILES string of the molecule is CCCCCCCC[C@@H](NC(=O)Cc1ccc2ccccc2c1)C(=O)OC. The molecule has 0 saturated carbocycles. The van der Waals surface area contributed by atoms with Crippen LogP contribution in [-0.4, -0.2) is 25.0 Å². The molecule has 4 nitrogen and oxygen atoms in total. The topological polar surface area (TPSA) is 55.4 Å². The van der Waals surface area contributed by atoms with Gasteiger partial charge in [0.15, 0.2) is 0 Å². The van der Waals surface area contributed by atoms with Crippen molar-refractivity contribution >= 4 is 22.6 Å². The van der Waals surface area contributed by atoms with E-state index in [0.29, 0.717) is 6.42 Å². The van der Waals surface area contributed by atoms with Crippen LogP contribution in [0.1, 0.15) is 57.4 Å². The Bertz CT molecular complexity index is 741. The molecule has 2 aromatic carbocycles. The van der Waals surface area contributed by atoms with Gasteiger partial charge in [0.25, 0.3) is 0 Å². The number of fused-ring (bicyclic) bond motifs is 1. The molecule has 0 radical (unpaired) electrons. The zero-order valence-corrected chi connectivity index (χ0v) is 16.5. The number of methoxy groups -OCH3 is 1. The lowest BCUT2D eigenvalue weighted by molar-refractivity contribution is -0.145. The fourth-order valence-electron chi connectivity index (χ4n) is 3.30. The van der Waals surface area contributed by atoms with E-state index in [4.69, 9.17) is 4.74 Å². The van der Waals surface area contributed by atoms with Gasteiger partial charge in [-0.1, -0.05) is 87.9 Å². The van der Waals surface area contributed by atoms with Crippen LogP contribution in [-0.2, 0) is 20.7 Å². The van der Waals surface area contributed by atoms with E-state index in [1.54, 1.807) is 0 Å². The second kappa shape index (κ2) is 11.4. The van der Waals surface area contributed by atoms with Crippen molar-refractivity contribution in [3.8, 4) is 0 Å². The molecular weight excluding hydrogens is 338 g/mol. The van der Waals surface area contributed by atoms with Crippen LogP contribution < -0.4 is 5.32 Å². The molecule has 2 rings (SSSR count). The summed E-state index contributed by atoms with van der Waals surface area (Å²) in [7, 11) is 1.37. The minimum atomic E-state index is -0.561. The lowest BCUT2D eigenvalue weighted by atomic mass is 10.0. The minimum Gasteiger partial charge on any atom is -0.467 e. The number of benzene rings is 2. The van der Waals surface area contributed by atoms with Crippen LogP contribution in [0.3, 0.4) is 0 Å². The second-order valence-electron chi connectivity index (χ2n) is 7.06. The first-order chi connectivity index (χ1) is 13.1. The fourth-order valence-corrected chi connectivity index (χ4v) is 3.30. The summed E-state index contributed by atoms with van der Waals surface area (Å²) in [4.78, 5) is 24.4. The number of amides is 1. The number of ether oxygens (including phenoxy) is 1. The highest BCUT2D eigenvalue weighted by molar-refractivity contribution is 5.87. The maximum atomic E-state index is 12.4. The average molecular weight is 370 g/mol. The van der Waals surface area contributed by atoms with Crippen molar-refractivity contribution in [1.82, 2.24) is 5.32 Å². The number of esters is 1. The molecule has 0 aliphatic heterocycles. The first kappa shape index (κ1) is 20.9. The molecule has 0 aliphatic rings. The Balaban J connectivity index is 1.87. The third kappa shape index (κ3) is 7.05. The standard InChI is InChI=1S/C23H31NO3/c1-3-4-5-6-7-8-13-21(23(26)27-2)24-22(25)17-18-14-15-19-11-9-10-12-20(19)16-18/h9-12,14-16,21H,3-8,13,17H2,1-2H3,(H,24,25)/t21-/m1/s1. The van der Waals surface area contributed by atoms with Gasteiger partial charge in [-0.3, -0.25) is 4.79 Å². The summed E-state index contributed by atoms with van der Waals surface area (Å²) in [5.74, 6) is -0.512. The van der Waals surface area contributed by atoms with E-state index in [0.717, 1.165) is 29.2 Å². The van der Waals surface area contributed by atoms with E-state index < -0.39 is 6.04 Å². The van der Waals surface area contributed by atoms with Crippen molar-refractivity contribution in [2.75, 3.05) is 7.11 Å². The molecule has 0 aromatic heterocycles. The maximum absolute atomic E-state index is 12.4. The first-order valence-electron chi connectivity index (χ1n) is 9.99. The van der Waals surface area contributed by atoms with E-state index in [1.807, 2.05) is 42.5 Å². The molecule has 1 atom stereocenters. The van der Waals surface area contributed by atoms with Gasteiger partial charge in [0.05, 0.1) is 13.5 Å². The zero-order valence-electron chi connectivity index (χ0n) is 16.5. The highest BCUT2D eigenvalue weighted by atomic mass is 16.5. The molecule has 4 heteroatoms. The predicted molar refractivity (Wildman–Crippen MR) is 110 cm³/mol. The highest BCUT2D eigenvalue weighted by Gasteiger charge is 2.21. The van der Waals surface area contributed by atoms with Crippen LogP contribution in [0.25, 0.3) is 10.8 Å². The van der Waals surface area contributed by atoms with Gasteiger partial charge < -0.3 is 10.1 Å². The number of carbonyl (C=O) groups excluding carboxylic acids is 2. The van der Waals surface area contributed by atoms with Crippen LogP contribution in [0.4, 0.5) is 0 Å². The number of hydrogen-bond acceptors (Lipinski definition) is 3. The maximum Gasteiger partial charge on any atom is 0.328 e. The number of unbranched alkanes of at least 4 members (excludes halogenated alkanes) is 5. The summed E-state index contributed by atoms with van der Waals surface area (Å²) < 4.78 is 4.86. The molecule has 2 aromatic rings. The summed E-state index contributed by atoms with van der Waals surface area (Å²) >= 11 is 0. The molecule has 0 spiro atoms. The van der Waals surface area contributed by atoms with E-state index in [-0.39, 0.29) is 18.3 Å². The van der Waals surface area contributed by atoms with Gasteiger partial charge in [-0.2, -0.15) is 0 Å². The van der Waals surface area contributed by atoms with Crippen LogP contribution in [0.5, 0.6) is 0 Å². The van der Waals surface area contributed by atoms with Crippen LogP contribution >= 0.6 is 0 Å². The van der Waals surface area contributed by atoms with Crippen LogP contribution in [0.15, 0.2) is 42.5 Å². The first-order valence-corrected chi connectivity index (χ1v) is 9.99. The smallest absolute Gasteiger partial charge is 0.328 e. The lowest BCUT2D eigenvalue weighted by Gasteiger charge is -2.16. The third-order valence-corrected chi connectivity index (χ3v) is 4.85. The van der Waals surface area contributed by atoms with Crippen molar-refractivity contribution in [2.24, 2.45) is 0 Å². The van der Waals surface area contributed by atoms with Gasteiger partial charge in [0, 0.05) is 0 Å². The Hall–Kier alpha value is -2.36. The predicted octanol–water partition coefficient (Wildman–Crippen LogP) is 4.79. The normalized spacial score (nSPS) is 11.9. The van der Waals surface area contributed by atoms with E-state index in [1.165, 1.54) is 32.8 Å². The number of rotatable bonds is 11. The molecule has 0 saturated heterocycles. The van der Waals surface area contributed by atoms with Gasteiger partial charge in [0.1, 0.15) is 6.04 Å². The summed E-state index contributed by atoms with van der Waals surface area (Å²) in [6.45, 7) is 2.19. The van der Waals surface area contributed by atoms with Crippen molar-refractivity contribution in [3.05, 3.63) is 48.0 Å². The van der Waals surface area contributed by atoms with E-state index in [9.17, 15) is 9.59 Å². The molecular formula is C23H31NO3. The van der Waals surface area contributed by atoms with Gasteiger partial charge in [0.2, 0.25) is 5.91 Å². The molecule has 0 unspecified atom stereocenters. The van der Waals surface area contributed by atoms with Crippen LogP contribution in [0, 0.1) is 0 Å². The van der Waals surface area contributed by atoms with Crippen molar-refractivity contribution in [3.63, 3.8) is 0 Å². The van der Waals surface area contributed by atoms with Crippen molar-refractivity contribution < 1.29 is 14.3 Å². The van der Waals surface area contributed by atoms with Gasteiger partial charge in [-0.05, 0) is 22.8 Å². The van der Waals surface area contributed by atoms with E-state index in [2.05, 4.69) is 12.2 Å². The van der Waals surface area contributed by atoms with Crippen molar-refractivity contribution in [2.45, 2.75) is 64.3 Å². The van der Waals surface area contributed by atoms with Crippen molar-refractivity contribution in [1.29, 1.82) is 0 Å². The number of carbonyl (C=O) groups is 2. The minimum absolute atomic E-state index is 0.147. The Kier molecular flexibility index (Phi) is 8.82. The molecule has 0 aliphatic carbocycles. The molecule has 146 valence electrons. The molecule has 0 heterocycles. The number of hydrogen-bond donors (Lipinski definition) is 1. The van der Waals surface area contributed by atoms with Gasteiger partial charge in [-0.15, -0.1) is 0 Å². The molecule has 0 bridgehead atoms. The Morgan fingerprint density at radius 1 is 0.963 bits per heavy atom. The summed E-state index contributed by atoms with van der Waals surface area (Å²) in [6.07, 6.45) is 7.75. The quantitative estimate of drug-likeness (QED) is 0.458. The summed E-state index contributed by atoms with van der Waals surface area (Å²) in [6, 6.07) is 13.5. The molecule has 0 fully saturated rings. The Morgan fingerprint density at radius 2 is 1.67 bits per heavy atom. The lowest BCUT2D eigenvalue weighted by Crippen LogP contribution is -2.42. The van der Waals surface area contributed by atoms with Gasteiger partial charge in [-0.25, -0.2) is 4.79 Å². The highest BCUT2D eigenvalue weighted by Crippen LogP contribution is 2.16. The largest absolute Gasteiger partial charge is 0.467 e. The summed E-state index contributed by atoms with van der Waals surface area (Å²) in [5, 5.41) is 5.11. The Morgan fingerprint density at radius 3 is 2.41 bits per heavy atom. The van der Waals surface area contributed by atoms with Crippen LogP contribution in [0.2, 0.25) is 0 Å². The summed E-state index contributed by atoms with van der Waals surface area (Å²) in [5.41, 5.74) is 0.939. The average Bonchev–Trinajstić information content (AvgIpc) is 2.69. The molecule has 27 heavy (non-hydrogen) atoms. The fraction of sp³-hybridized carbons (Fsp3) is 0.478. The van der Waals surface area contributed by atoms with E-state index >= 15 is 0 Å². The Labute approximate surface area is 162 Å². The third-order valence-electron chi connectivity index (χ3n) is 4.85. The molecule has 1 amide bonds. The molecule has 1 N–H and O–H groups in total. The zero-order chi connectivity index (χ0) is 19.5. The van der Waals surface area contributed by atoms with Gasteiger partial charge >= 0.3 is 5.97 Å².